The maximum absolute atomic E-state index is 12.6. The highest BCUT2D eigenvalue weighted by molar-refractivity contribution is 6.30. The number of benzene rings is 2. The minimum atomic E-state index is -4.36. The molecule has 1 N–H and O–H groups in total. The maximum Gasteiger partial charge on any atom is 0.416 e. The van der Waals surface area contributed by atoms with Gasteiger partial charge in [-0.25, -0.2) is 4.68 Å². The Morgan fingerprint density at radius 1 is 1.18 bits per heavy atom. The third-order valence-corrected chi connectivity index (χ3v) is 4.38. The number of carbonyl (C=O) groups excluding carboxylic acids is 1. The number of aromatic nitrogens is 3. The SMILES string of the molecule is Cc1c(C(=O)NCCc2ccc(C(F)(F)F)cc2)nnn1-c1cccc(Cl)c1. The predicted octanol–water partition coefficient (Wildman–Crippen LogP) is 4.22. The summed E-state index contributed by atoms with van der Waals surface area (Å²) in [4.78, 5) is 12.4. The van der Waals surface area contributed by atoms with Crippen molar-refractivity contribution in [1.29, 1.82) is 0 Å². The van der Waals surface area contributed by atoms with Crippen LogP contribution in [0.5, 0.6) is 0 Å². The molecule has 0 bridgehead atoms. The van der Waals surface area contributed by atoms with Crippen molar-refractivity contribution in [3.63, 3.8) is 0 Å². The van der Waals surface area contributed by atoms with Gasteiger partial charge in [-0.05, 0) is 49.2 Å². The van der Waals surface area contributed by atoms with Crippen LogP contribution in [0.3, 0.4) is 0 Å². The summed E-state index contributed by atoms with van der Waals surface area (Å²) in [6.07, 6.45) is -3.97. The Morgan fingerprint density at radius 3 is 2.54 bits per heavy atom. The van der Waals surface area contributed by atoms with Crippen LogP contribution >= 0.6 is 11.6 Å². The van der Waals surface area contributed by atoms with E-state index in [0.717, 1.165) is 12.1 Å². The van der Waals surface area contributed by atoms with E-state index in [4.69, 9.17) is 11.6 Å². The highest BCUT2D eigenvalue weighted by Gasteiger charge is 2.29. The second-order valence-electron chi connectivity index (χ2n) is 6.12. The Labute approximate surface area is 164 Å². The van der Waals surface area contributed by atoms with Crippen molar-refractivity contribution in [3.05, 3.63) is 76.1 Å². The molecule has 0 spiro atoms. The zero-order valence-corrected chi connectivity index (χ0v) is 15.6. The molecule has 0 unspecified atom stereocenters. The molecule has 0 saturated heterocycles. The Kier molecular flexibility index (Phi) is 5.69. The smallest absolute Gasteiger partial charge is 0.350 e. The number of halogens is 4. The van der Waals surface area contributed by atoms with Gasteiger partial charge in [-0.15, -0.1) is 5.10 Å². The van der Waals surface area contributed by atoms with E-state index in [9.17, 15) is 18.0 Å². The fourth-order valence-corrected chi connectivity index (χ4v) is 2.84. The Balaban J connectivity index is 1.61. The number of hydrogen-bond acceptors (Lipinski definition) is 3. The molecule has 9 heteroatoms. The summed E-state index contributed by atoms with van der Waals surface area (Å²) in [5.74, 6) is -0.405. The van der Waals surface area contributed by atoms with Crippen molar-refractivity contribution in [3.8, 4) is 5.69 Å². The van der Waals surface area contributed by atoms with Crippen LogP contribution < -0.4 is 5.32 Å². The van der Waals surface area contributed by atoms with Crippen molar-refractivity contribution in [2.24, 2.45) is 0 Å². The van der Waals surface area contributed by atoms with Crippen LogP contribution in [0, 0.1) is 6.92 Å². The van der Waals surface area contributed by atoms with E-state index in [1.165, 1.54) is 16.8 Å². The molecule has 146 valence electrons. The van der Waals surface area contributed by atoms with Crippen LogP contribution in [-0.2, 0) is 12.6 Å². The van der Waals surface area contributed by atoms with Gasteiger partial charge in [0.05, 0.1) is 16.9 Å². The van der Waals surface area contributed by atoms with Crippen LogP contribution in [0.2, 0.25) is 5.02 Å². The minimum absolute atomic E-state index is 0.174. The molecule has 0 saturated carbocycles. The van der Waals surface area contributed by atoms with Crippen LogP contribution in [0.1, 0.15) is 27.3 Å². The molecule has 5 nitrogen and oxygen atoms in total. The van der Waals surface area contributed by atoms with Crippen molar-refractivity contribution >= 4 is 17.5 Å². The standard InChI is InChI=1S/C19H16ClF3N4O/c1-12-17(25-26-27(12)16-4-2-3-15(20)11-16)18(28)24-10-9-13-5-7-14(8-6-13)19(21,22)23/h2-8,11H,9-10H2,1H3,(H,24,28). The summed E-state index contributed by atoms with van der Waals surface area (Å²) in [5.41, 5.74) is 1.39. The molecule has 0 atom stereocenters. The van der Waals surface area contributed by atoms with Gasteiger partial charge in [0.1, 0.15) is 0 Å². The van der Waals surface area contributed by atoms with Crippen molar-refractivity contribution in [1.82, 2.24) is 20.3 Å². The lowest BCUT2D eigenvalue weighted by Gasteiger charge is -2.08. The minimum Gasteiger partial charge on any atom is -0.350 e. The number of amides is 1. The Morgan fingerprint density at radius 2 is 1.89 bits per heavy atom. The largest absolute Gasteiger partial charge is 0.416 e. The molecule has 1 aromatic heterocycles. The number of nitrogens with zero attached hydrogens (tertiary/aromatic N) is 3. The summed E-state index contributed by atoms with van der Waals surface area (Å²) >= 11 is 5.97. The van der Waals surface area contributed by atoms with Gasteiger partial charge in [-0.2, -0.15) is 13.2 Å². The zero-order chi connectivity index (χ0) is 20.3. The lowest BCUT2D eigenvalue weighted by molar-refractivity contribution is -0.137. The summed E-state index contributed by atoms with van der Waals surface area (Å²) < 4.78 is 39.2. The van der Waals surface area contributed by atoms with Crippen LogP contribution in [-0.4, -0.2) is 27.4 Å². The predicted molar refractivity (Wildman–Crippen MR) is 98.6 cm³/mol. The molecule has 1 heterocycles. The second kappa shape index (κ2) is 8.02. The van der Waals surface area contributed by atoms with Gasteiger partial charge in [0.2, 0.25) is 0 Å². The molecule has 3 rings (SSSR count). The molecule has 0 aliphatic heterocycles. The van der Waals surface area contributed by atoms with Crippen LogP contribution in [0.4, 0.5) is 13.2 Å². The van der Waals surface area contributed by atoms with Gasteiger partial charge in [0.25, 0.3) is 5.91 Å². The van der Waals surface area contributed by atoms with E-state index < -0.39 is 17.6 Å². The van der Waals surface area contributed by atoms with Crippen molar-refractivity contribution < 1.29 is 18.0 Å². The number of carbonyl (C=O) groups is 1. The molecule has 28 heavy (non-hydrogen) atoms. The molecule has 2 aromatic carbocycles. The first-order chi connectivity index (χ1) is 13.3. The molecule has 0 fully saturated rings. The van der Waals surface area contributed by atoms with E-state index in [2.05, 4.69) is 15.6 Å². The topological polar surface area (TPSA) is 59.8 Å². The Bertz CT molecular complexity index is 984. The number of alkyl halides is 3. The van der Waals surface area contributed by atoms with Crippen LogP contribution in [0.15, 0.2) is 48.5 Å². The highest BCUT2D eigenvalue weighted by Crippen LogP contribution is 2.29. The molecule has 1 amide bonds. The maximum atomic E-state index is 12.6. The van der Waals surface area contributed by atoms with E-state index >= 15 is 0 Å². The van der Waals surface area contributed by atoms with E-state index in [0.29, 0.717) is 28.4 Å². The third-order valence-electron chi connectivity index (χ3n) is 4.14. The number of hydrogen-bond donors (Lipinski definition) is 1. The molecule has 0 aliphatic carbocycles. The first kappa shape index (κ1) is 19.9. The van der Waals surface area contributed by atoms with Crippen molar-refractivity contribution in [2.45, 2.75) is 19.5 Å². The zero-order valence-electron chi connectivity index (χ0n) is 14.8. The molecule has 0 aliphatic rings. The molecular formula is C19H16ClF3N4O. The summed E-state index contributed by atoms with van der Waals surface area (Å²) in [6, 6.07) is 11.8. The number of rotatable bonds is 5. The third kappa shape index (κ3) is 4.51. The molecule has 0 radical (unpaired) electrons. The first-order valence-corrected chi connectivity index (χ1v) is 8.76. The lowest BCUT2D eigenvalue weighted by atomic mass is 10.1. The summed E-state index contributed by atoms with van der Waals surface area (Å²) in [6.45, 7) is 1.97. The highest BCUT2D eigenvalue weighted by atomic mass is 35.5. The fraction of sp³-hybridized carbons (Fsp3) is 0.211. The average Bonchev–Trinajstić information content (AvgIpc) is 3.03. The quantitative estimate of drug-likeness (QED) is 0.687. The van der Waals surface area contributed by atoms with Crippen molar-refractivity contribution in [2.75, 3.05) is 6.54 Å². The lowest BCUT2D eigenvalue weighted by Crippen LogP contribution is -2.26. The van der Waals surface area contributed by atoms with Gasteiger partial charge in [0.15, 0.2) is 5.69 Å². The van der Waals surface area contributed by atoms with E-state index in [-0.39, 0.29) is 12.2 Å². The number of nitrogens with one attached hydrogen (secondary N) is 1. The molecule has 3 aromatic rings. The van der Waals surface area contributed by atoms with Gasteiger partial charge in [-0.3, -0.25) is 4.79 Å². The summed E-state index contributed by atoms with van der Waals surface area (Å²) in [5, 5.41) is 11.1. The van der Waals surface area contributed by atoms with Gasteiger partial charge >= 0.3 is 6.18 Å². The van der Waals surface area contributed by atoms with Crippen LogP contribution in [0.25, 0.3) is 5.69 Å². The monoisotopic (exact) mass is 408 g/mol. The Hall–Kier alpha value is -2.87. The average molecular weight is 409 g/mol. The normalized spacial score (nSPS) is 11.5. The van der Waals surface area contributed by atoms with E-state index in [1.807, 2.05) is 0 Å². The first-order valence-electron chi connectivity index (χ1n) is 8.38. The second-order valence-corrected chi connectivity index (χ2v) is 6.55. The van der Waals surface area contributed by atoms with Gasteiger partial charge in [0, 0.05) is 11.6 Å². The summed E-state index contributed by atoms with van der Waals surface area (Å²) in [7, 11) is 0. The fourth-order valence-electron chi connectivity index (χ4n) is 2.66. The van der Waals surface area contributed by atoms with Gasteiger partial charge in [-0.1, -0.05) is 35.0 Å². The van der Waals surface area contributed by atoms with Gasteiger partial charge < -0.3 is 5.32 Å². The van der Waals surface area contributed by atoms with E-state index in [1.54, 1.807) is 31.2 Å². The molecular weight excluding hydrogens is 393 g/mol.